The molecule has 0 atom stereocenters. The third-order valence-corrected chi connectivity index (χ3v) is 1.50. The van der Waals surface area contributed by atoms with Gasteiger partial charge in [-0.25, -0.2) is 4.98 Å². The molecular formula is C8H11N7O. The molecule has 0 amide bonds. The van der Waals surface area contributed by atoms with Crippen LogP contribution in [-0.4, -0.2) is 28.2 Å². The predicted molar refractivity (Wildman–Crippen MR) is 60.2 cm³/mol. The van der Waals surface area contributed by atoms with Crippen LogP contribution >= 0.6 is 0 Å². The van der Waals surface area contributed by atoms with Gasteiger partial charge in [-0.3, -0.25) is 0 Å². The normalized spacial score (nSPS) is 11.6. The molecule has 1 aromatic heterocycles. The van der Waals surface area contributed by atoms with Crippen LogP contribution in [0.25, 0.3) is 0 Å². The van der Waals surface area contributed by atoms with E-state index in [1.807, 2.05) is 0 Å². The van der Waals surface area contributed by atoms with Gasteiger partial charge in [-0.1, -0.05) is 11.2 Å². The van der Waals surface area contributed by atoms with E-state index >= 15 is 0 Å². The Morgan fingerprint density at radius 1 is 1.31 bits per heavy atom. The summed E-state index contributed by atoms with van der Waals surface area (Å²) in [7, 11) is 0. The van der Waals surface area contributed by atoms with Crippen molar-refractivity contribution < 1.29 is 5.21 Å². The van der Waals surface area contributed by atoms with Gasteiger partial charge in [-0.15, -0.1) is 5.10 Å². The zero-order valence-electron chi connectivity index (χ0n) is 8.28. The number of oxime groups is 1. The van der Waals surface area contributed by atoms with Gasteiger partial charge < -0.3 is 22.4 Å². The first-order valence-electron chi connectivity index (χ1n) is 4.20. The molecule has 7 N–H and O–H groups in total. The van der Waals surface area contributed by atoms with Crippen LogP contribution in [0.15, 0.2) is 33.6 Å². The highest BCUT2D eigenvalue weighted by Gasteiger charge is 2.00. The zero-order valence-corrected chi connectivity index (χ0v) is 8.28. The molecule has 0 aliphatic heterocycles. The summed E-state index contributed by atoms with van der Waals surface area (Å²) in [6.07, 6.45) is 1.34. The second-order valence-electron chi connectivity index (χ2n) is 2.70. The van der Waals surface area contributed by atoms with Crippen molar-refractivity contribution in [3.63, 3.8) is 0 Å². The highest BCUT2D eigenvalue weighted by molar-refractivity contribution is 5.95. The molecule has 1 aromatic rings. The number of nitrogens with zero attached hydrogens (tertiary/aromatic N) is 4. The van der Waals surface area contributed by atoms with E-state index in [2.05, 4.69) is 20.3 Å². The van der Waals surface area contributed by atoms with Crippen LogP contribution in [0.5, 0.6) is 0 Å². The average molecular weight is 221 g/mol. The quantitative estimate of drug-likeness (QED) is 0.218. The predicted octanol–water partition coefficient (Wildman–Crippen LogP) is -1.22. The molecule has 8 heteroatoms. The van der Waals surface area contributed by atoms with Crippen LogP contribution in [0.1, 0.15) is 11.4 Å². The van der Waals surface area contributed by atoms with E-state index < -0.39 is 0 Å². The highest BCUT2D eigenvalue weighted by Crippen LogP contribution is 1.97. The Labute approximate surface area is 91.2 Å². The first kappa shape index (κ1) is 11.4. The maximum absolute atomic E-state index is 8.46. The first-order valence-corrected chi connectivity index (χ1v) is 4.20. The Balaban J connectivity index is 2.91. The van der Waals surface area contributed by atoms with Crippen LogP contribution in [0.3, 0.4) is 0 Å². The highest BCUT2D eigenvalue weighted by atomic mass is 16.4. The standard InChI is InChI=1S/C8H11N7O/c9-7(15-16)6-3-1-2-5(13-6)4-12-14-8(10)11/h1-4,16H,(H2,9,15)(H4,10,11,14)/b12-4+. The Bertz CT molecular complexity index is 447. The summed E-state index contributed by atoms with van der Waals surface area (Å²) in [4.78, 5) is 4.02. The summed E-state index contributed by atoms with van der Waals surface area (Å²) in [5.41, 5.74) is 16.3. The Hall–Kier alpha value is -2.64. The van der Waals surface area contributed by atoms with Gasteiger partial charge >= 0.3 is 0 Å². The summed E-state index contributed by atoms with van der Waals surface area (Å²) in [6.45, 7) is 0. The van der Waals surface area contributed by atoms with Gasteiger partial charge in [0.1, 0.15) is 5.69 Å². The topological polar surface area (TPSA) is 148 Å². The van der Waals surface area contributed by atoms with Gasteiger partial charge in [0.05, 0.1) is 11.9 Å². The molecular weight excluding hydrogens is 210 g/mol. The SMILES string of the molecule is NC(N)=N/N=C/c1cccc(/C(N)=N/O)n1. The molecule has 0 aromatic carbocycles. The summed E-state index contributed by atoms with van der Waals surface area (Å²) in [5, 5.41) is 18.3. The molecule has 1 heterocycles. The third-order valence-electron chi connectivity index (χ3n) is 1.50. The first-order chi connectivity index (χ1) is 7.63. The van der Waals surface area contributed by atoms with E-state index in [9.17, 15) is 0 Å². The molecule has 0 spiro atoms. The van der Waals surface area contributed by atoms with Gasteiger partial charge in [0.2, 0.25) is 5.96 Å². The number of pyridine rings is 1. The van der Waals surface area contributed by atoms with Crippen LogP contribution in [0, 0.1) is 0 Å². The lowest BCUT2D eigenvalue weighted by molar-refractivity contribution is 0.318. The number of guanidine groups is 1. The molecule has 0 aliphatic rings. The summed E-state index contributed by atoms with van der Waals surface area (Å²) >= 11 is 0. The van der Waals surface area contributed by atoms with Crippen LogP contribution < -0.4 is 17.2 Å². The molecule has 0 radical (unpaired) electrons. The van der Waals surface area contributed by atoms with Gasteiger partial charge in [-0.2, -0.15) is 5.10 Å². The van der Waals surface area contributed by atoms with E-state index in [1.54, 1.807) is 18.2 Å². The minimum atomic E-state index is -0.149. The third kappa shape index (κ3) is 3.25. The number of aromatic nitrogens is 1. The lowest BCUT2D eigenvalue weighted by atomic mass is 10.3. The van der Waals surface area contributed by atoms with Crippen LogP contribution in [0.4, 0.5) is 0 Å². The largest absolute Gasteiger partial charge is 0.409 e. The molecule has 0 bridgehead atoms. The summed E-state index contributed by atoms with van der Waals surface area (Å²) in [5.74, 6) is -0.235. The number of rotatable bonds is 3. The van der Waals surface area contributed by atoms with Crippen molar-refractivity contribution in [2.24, 2.45) is 32.6 Å². The van der Waals surface area contributed by atoms with Crippen molar-refractivity contribution in [2.75, 3.05) is 0 Å². The molecule has 0 saturated heterocycles. The van der Waals surface area contributed by atoms with Crippen molar-refractivity contribution in [3.05, 3.63) is 29.6 Å². The molecule has 16 heavy (non-hydrogen) atoms. The number of hydrogen-bond donors (Lipinski definition) is 4. The van der Waals surface area contributed by atoms with E-state index in [-0.39, 0.29) is 11.8 Å². The van der Waals surface area contributed by atoms with Gasteiger partial charge in [0.25, 0.3) is 0 Å². The fraction of sp³-hybridized carbons (Fsp3) is 0. The molecule has 8 nitrogen and oxygen atoms in total. The second-order valence-corrected chi connectivity index (χ2v) is 2.70. The fourth-order valence-corrected chi connectivity index (χ4v) is 0.872. The number of hydrogen-bond acceptors (Lipinski definition) is 5. The smallest absolute Gasteiger partial charge is 0.211 e. The lowest BCUT2D eigenvalue weighted by Crippen LogP contribution is -2.21. The van der Waals surface area contributed by atoms with E-state index in [0.717, 1.165) is 0 Å². The molecule has 0 fully saturated rings. The van der Waals surface area contributed by atoms with E-state index in [1.165, 1.54) is 6.21 Å². The number of nitrogens with two attached hydrogens (primary N) is 3. The van der Waals surface area contributed by atoms with Crippen LogP contribution in [-0.2, 0) is 0 Å². The zero-order chi connectivity index (χ0) is 12.0. The minimum Gasteiger partial charge on any atom is -0.409 e. The Kier molecular flexibility index (Phi) is 3.78. The maximum Gasteiger partial charge on any atom is 0.211 e. The van der Waals surface area contributed by atoms with Crippen molar-refractivity contribution >= 4 is 18.0 Å². The molecule has 0 saturated carbocycles. The van der Waals surface area contributed by atoms with Gasteiger partial charge in [0, 0.05) is 0 Å². The van der Waals surface area contributed by atoms with Crippen LogP contribution in [0.2, 0.25) is 0 Å². The molecule has 1 rings (SSSR count). The van der Waals surface area contributed by atoms with Gasteiger partial charge in [0.15, 0.2) is 5.84 Å². The fourth-order valence-electron chi connectivity index (χ4n) is 0.872. The van der Waals surface area contributed by atoms with Crippen molar-refractivity contribution in [2.45, 2.75) is 0 Å². The van der Waals surface area contributed by atoms with Crippen molar-refractivity contribution in [1.29, 1.82) is 0 Å². The lowest BCUT2D eigenvalue weighted by Gasteiger charge is -1.97. The molecule has 0 aliphatic carbocycles. The molecule has 0 unspecified atom stereocenters. The minimum absolute atomic E-state index is 0.0860. The second kappa shape index (κ2) is 5.29. The van der Waals surface area contributed by atoms with E-state index in [0.29, 0.717) is 11.4 Å². The van der Waals surface area contributed by atoms with Crippen molar-refractivity contribution in [1.82, 2.24) is 4.98 Å². The number of amidine groups is 1. The summed E-state index contributed by atoms with van der Waals surface area (Å²) < 4.78 is 0. The Morgan fingerprint density at radius 2 is 2.06 bits per heavy atom. The monoisotopic (exact) mass is 221 g/mol. The maximum atomic E-state index is 8.46. The van der Waals surface area contributed by atoms with Crippen molar-refractivity contribution in [3.8, 4) is 0 Å². The van der Waals surface area contributed by atoms with Gasteiger partial charge in [-0.05, 0) is 12.1 Å². The molecule has 84 valence electrons. The van der Waals surface area contributed by atoms with E-state index in [4.69, 9.17) is 22.4 Å². The average Bonchev–Trinajstić information content (AvgIpc) is 2.28. The summed E-state index contributed by atoms with van der Waals surface area (Å²) in [6, 6.07) is 4.93. The Morgan fingerprint density at radius 3 is 2.69 bits per heavy atom.